The normalized spacial score (nSPS) is 11.6. The van der Waals surface area contributed by atoms with Gasteiger partial charge in [0, 0.05) is 16.1 Å². The van der Waals surface area contributed by atoms with Gasteiger partial charge in [-0.15, -0.1) is 0 Å². The predicted octanol–water partition coefficient (Wildman–Crippen LogP) is 5.16. The molecule has 0 radical (unpaired) electrons. The van der Waals surface area contributed by atoms with Crippen molar-refractivity contribution in [2.24, 2.45) is 5.16 Å². The lowest BCUT2D eigenvalue weighted by Crippen LogP contribution is -2.15. The molecule has 0 saturated carbocycles. The molecule has 2 aromatic rings. The number of oxime groups is 1. The molecule has 0 aliphatic carbocycles. The van der Waals surface area contributed by atoms with Crippen LogP contribution in [0.5, 0.6) is 0 Å². The Morgan fingerprint density at radius 1 is 1.15 bits per heavy atom. The van der Waals surface area contributed by atoms with E-state index in [1.54, 1.807) is 44.2 Å². The largest absolute Gasteiger partial charge is 0.417 e. The molecule has 0 saturated heterocycles. The topological polar surface area (TPSA) is 79.6 Å². The molecule has 5 nitrogen and oxygen atoms in total. The number of halogens is 4. The van der Waals surface area contributed by atoms with Crippen molar-refractivity contribution in [1.82, 2.24) is 0 Å². The van der Waals surface area contributed by atoms with Crippen LogP contribution in [0.2, 0.25) is 5.02 Å². The zero-order valence-electron chi connectivity index (χ0n) is 14.3. The molecule has 0 amide bonds. The molecule has 0 unspecified atom stereocenters. The molecular formula is C17H16ClF3N2O3S. The summed E-state index contributed by atoms with van der Waals surface area (Å²) in [5, 5.41) is 4.13. The Labute approximate surface area is 160 Å². The van der Waals surface area contributed by atoms with Crippen molar-refractivity contribution in [2.75, 3.05) is 0 Å². The molecule has 2 aromatic carbocycles. The molecule has 0 fully saturated rings. The van der Waals surface area contributed by atoms with E-state index in [0.717, 1.165) is 6.07 Å². The molecule has 27 heavy (non-hydrogen) atoms. The Morgan fingerprint density at radius 2 is 1.70 bits per heavy atom. The third-order valence-electron chi connectivity index (χ3n) is 2.94. The summed E-state index contributed by atoms with van der Waals surface area (Å²) in [6, 6.07) is 12.0. The lowest BCUT2D eigenvalue weighted by Gasteiger charge is -2.15. The van der Waals surface area contributed by atoms with Crippen molar-refractivity contribution in [1.29, 1.82) is 4.78 Å². The van der Waals surface area contributed by atoms with Gasteiger partial charge in [0.05, 0.1) is 5.56 Å². The van der Waals surface area contributed by atoms with Gasteiger partial charge in [0.25, 0.3) is 0 Å². The molecular weight excluding hydrogens is 405 g/mol. The summed E-state index contributed by atoms with van der Waals surface area (Å²) in [6.07, 6.45) is -4.78. The molecule has 1 N–H and O–H groups in total. The Morgan fingerprint density at radius 3 is 2.19 bits per heavy atom. The van der Waals surface area contributed by atoms with Crippen LogP contribution in [0.1, 0.15) is 30.5 Å². The summed E-state index contributed by atoms with van der Waals surface area (Å²) in [5.74, 6) is 0. The van der Waals surface area contributed by atoms with Crippen LogP contribution in [-0.2, 0) is 21.5 Å². The first-order chi connectivity index (χ1) is 12.5. The standard InChI is InChI=1S/C17H15ClF3NO.HNO2S/c1-11(2)23-22-16(12-6-4-3-5-7-12)14-10-13(18)8-9-15(14)17(19,20)21;1-4(2)3/h3-11H,1-2H3;1H/b22-16+;. The highest BCUT2D eigenvalue weighted by molar-refractivity contribution is 7.60. The zero-order valence-corrected chi connectivity index (χ0v) is 15.9. The fourth-order valence-electron chi connectivity index (χ4n) is 1.97. The van der Waals surface area contributed by atoms with Crippen LogP contribution in [0.25, 0.3) is 0 Å². The maximum Gasteiger partial charge on any atom is 0.417 e. The molecule has 0 aliphatic rings. The minimum atomic E-state index is -4.52. The fourth-order valence-corrected chi connectivity index (χ4v) is 2.14. The third-order valence-corrected chi connectivity index (χ3v) is 3.18. The molecule has 0 aromatic heterocycles. The van der Waals surface area contributed by atoms with Crippen LogP contribution >= 0.6 is 11.6 Å². The Bertz CT molecular complexity index is 893. The van der Waals surface area contributed by atoms with E-state index in [9.17, 15) is 13.2 Å². The Balaban J connectivity index is 0.000000828. The summed E-state index contributed by atoms with van der Waals surface area (Å²) in [4.78, 5) is 5.20. The summed E-state index contributed by atoms with van der Waals surface area (Å²) < 4.78 is 62.8. The van der Waals surface area contributed by atoms with E-state index >= 15 is 0 Å². The first-order valence-corrected chi connectivity index (χ1v) is 8.94. The second-order valence-electron chi connectivity index (χ2n) is 5.38. The highest BCUT2D eigenvalue weighted by Gasteiger charge is 2.35. The van der Waals surface area contributed by atoms with E-state index < -0.39 is 22.2 Å². The van der Waals surface area contributed by atoms with Crippen molar-refractivity contribution in [3.63, 3.8) is 0 Å². The Hall–Kier alpha value is -2.39. The zero-order chi connectivity index (χ0) is 20.6. The van der Waals surface area contributed by atoms with Crippen LogP contribution in [0.15, 0.2) is 53.7 Å². The highest BCUT2D eigenvalue weighted by Crippen LogP contribution is 2.34. The summed E-state index contributed by atoms with van der Waals surface area (Å²) >= 11 is 5.90. The smallest absolute Gasteiger partial charge is 0.393 e. The second kappa shape index (κ2) is 10.1. The number of nitrogens with zero attached hydrogens (tertiary/aromatic N) is 1. The van der Waals surface area contributed by atoms with Crippen LogP contribution in [0.4, 0.5) is 13.2 Å². The van der Waals surface area contributed by atoms with Gasteiger partial charge in [-0.1, -0.05) is 47.1 Å². The SMILES string of the molecule is CC(C)O/N=C(\c1ccccc1)c1cc(Cl)ccc1C(F)(F)F.N=S(=O)=O. The average Bonchev–Trinajstić information content (AvgIpc) is 2.54. The van der Waals surface area contributed by atoms with Crippen molar-refractivity contribution < 1.29 is 26.4 Å². The minimum absolute atomic E-state index is 0.0918. The van der Waals surface area contributed by atoms with Crippen molar-refractivity contribution >= 4 is 27.8 Å². The van der Waals surface area contributed by atoms with Crippen molar-refractivity contribution in [3.05, 3.63) is 70.2 Å². The number of rotatable bonds is 4. The highest BCUT2D eigenvalue weighted by atomic mass is 35.5. The number of benzene rings is 2. The van der Waals surface area contributed by atoms with Gasteiger partial charge in [-0.2, -0.15) is 26.4 Å². The number of nitrogens with one attached hydrogen (secondary N) is 1. The third kappa shape index (κ3) is 7.79. The van der Waals surface area contributed by atoms with Crippen LogP contribution in [-0.4, -0.2) is 20.2 Å². The van der Waals surface area contributed by atoms with Gasteiger partial charge in [-0.05, 0) is 32.0 Å². The maximum atomic E-state index is 13.3. The minimum Gasteiger partial charge on any atom is -0.393 e. The van der Waals surface area contributed by atoms with E-state index in [-0.39, 0.29) is 22.4 Å². The molecule has 0 bridgehead atoms. The molecule has 10 heteroatoms. The molecule has 2 rings (SSSR count). The summed E-state index contributed by atoms with van der Waals surface area (Å²) in [7, 11) is -2.61. The quantitative estimate of drug-likeness (QED) is 0.547. The summed E-state index contributed by atoms with van der Waals surface area (Å²) in [5.41, 5.74) is -0.316. The molecule has 0 spiro atoms. The van der Waals surface area contributed by atoms with Gasteiger partial charge >= 0.3 is 16.7 Å². The van der Waals surface area contributed by atoms with Gasteiger partial charge in [0.1, 0.15) is 11.8 Å². The number of hydrogen-bond donors (Lipinski definition) is 1. The molecule has 0 aliphatic heterocycles. The van der Waals surface area contributed by atoms with Crippen molar-refractivity contribution in [2.45, 2.75) is 26.1 Å². The van der Waals surface area contributed by atoms with Gasteiger partial charge in [-0.25, -0.2) is 0 Å². The lowest BCUT2D eigenvalue weighted by atomic mass is 9.97. The fraction of sp³-hybridized carbons (Fsp3) is 0.235. The lowest BCUT2D eigenvalue weighted by molar-refractivity contribution is -0.137. The van der Waals surface area contributed by atoms with E-state index in [1.807, 2.05) is 0 Å². The van der Waals surface area contributed by atoms with Crippen LogP contribution < -0.4 is 0 Å². The maximum absolute atomic E-state index is 13.3. The van der Waals surface area contributed by atoms with Gasteiger partial charge in [0.15, 0.2) is 0 Å². The van der Waals surface area contributed by atoms with E-state index in [0.29, 0.717) is 5.56 Å². The van der Waals surface area contributed by atoms with E-state index in [4.69, 9.17) is 29.6 Å². The molecule has 0 atom stereocenters. The van der Waals surface area contributed by atoms with Crippen LogP contribution in [0.3, 0.4) is 0 Å². The summed E-state index contributed by atoms with van der Waals surface area (Å²) in [6.45, 7) is 3.49. The van der Waals surface area contributed by atoms with E-state index in [1.165, 1.54) is 12.1 Å². The predicted molar refractivity (Wildman–Crippen MR) is 96.4 cm³/mol. The first kappa shape index (κ1) is 22.7. The van der Waals surface area contributed by atoms with Crippen molar-refractivity contribution in [3.8, 4) is 0 Å². The first-order valence-electron chi connectivity index (χ1n) is 7.49. The Kier molecular flexibility index (Phi) is 8.45. The molecule has 0 heterocycles. The number of hydrogen-bond acceptors (Lipinski definition) is 5. The monoisotopic (exact) mass is 420 g/mol. The second-order valence-corrected chi connectivity index (χ2v) is 6.29. The van der Waals surface area contributed by atoms with Gasteiger partial charge < -0.3 is 4.84 Å². The number of alkyl halides is 3. The van der Waals surface area contributed by atoms with Gasteiger partial charge in [0.2, 0.25) is 0 Å². The van der Waals surface area contributed by atoms with E-state index in [2.05, 4.69) is 5.16 Å². The molecule has 146 valence electrons. The van der Waals surface area contributed by atoms with Gasteiger partial charge in [-0.3, -0.25) is 0 Å². The van der Waals surface area contributed by atoms with Crippen LogP contribution in [0, 0.1) is 4.78 Å². The average molecular weight is 421 g/mol.